The standard InChI is InChI=1S/C24H26O4/c25-13-15-27-17-19-1-5-21(6-2-19)23-9-11-24(12-10-23)22-7-3-20(4-8-22)18-28-16-14-26/h1-12,25-26H,13-18H2. The lowest BCUT2D eigenvalue weighted by molar-refractivity contribution is 0.0815. The van der Waals surface area contributed by atoms with Crippen LogP contribution in [0.25, 0.3) is 22.3 Å². The summed E-state index contributed by atoms with van der Waals surface area (Å²) in [7, 11) is 0. The molecule has 2 N–H and O–H groups in total. The number of ether oxygens (including phenoxy) is 2. The Morgan fingerprint density at radius 2 is 0.750 bits per heavy atom. The molecular weight excluding hydrogens is 352 g/mol. The van der Waals surface area contributed by atoms with Gasteiger partial charge >= 0.3 is 0 Å². The number of aliphatic hydroxyl groups excluding tert-OH is 2. The molecule has 0 unspecified atom stereocenters. The maximum atomic E-state index is 8.76. The number of benzene rings is 3. The van der Waals surface area contributed by atoms with E-state index in [9.17, 15) is 0 Å². The van der Waals surface area contributed by atoms with Gasteiger partial charge in [-0.2, -0.15) is 0 Å². The van der Waals surface area contributed by atoms with Crippen LogP contribution < -0.4 is 0 Å². The Labute approximate surface area is 166 Å². The SMILES string of the molecule is OCCOCc1ccc(-c2ccc(-c3ccc(COCCO)cc3)cc2)cc1. The van der Waals surface area contributed by atoms with E-state index in [1.807, 2.05) is 0 Å². The molecule has 3 aromatic carbocycles. The molecule has 0 saturated carbocycles. The van der Waals surface area contributed by atoms with E-state index < -0.39 is 0 Å². The second-order valence-electron chi connectivity index (χ2n) is 6.52. The van der Waals surface area contributed by atoms with Gasteiger partial charge in [-0.1, -0.05) is 72.8 Å². The molecule has 28 heavy (non-hydrogen) atoms. The fourth-order valence-electron chi connectivity index (χ4n) is 2.95. The summed E-state index contributed by atoms with van der Waals surface area (Å²) in [5, 5.41) is 17.5. The zero-order valence-corrected chi connectivity index (χ0v) is 15.9. The smallest absolute Gasteiger partial charge is 0.0718 e. The molecule has 0 atom stereocenters. The molecule has 146 valence electrons. The zero-order valence-electron chi connectivity index (χ0n) is 15.9. The average Bonchev–Trinajstić information content (AvgIpc) is 2.75. The molecule has 0 heterocycles. The Hall–Kier alpha value is -2.50. The van der Waals surface area contributed by atoms with Crippen LogP contribution in [0.5, 0.6) is 0 Å². The molecule has 0 aliphatic carbocycles. The van der Waals surface area contributed by atoms with Crippen molar-refractivity contribution in [3.05, 3.63) is 83.9 Å². The second-order valence-corrected chi connectivity index (χ2v) is 6.52. The van der Waals surface area contributed by atoms with Gasteiger partial charge < -0.3 is 19.7 Å². The van der Waals surface area contributed by atoms with Crippen LogP contribution in [-0.2, 0) is 22.7 Å². The molecule has 0 bridgehead atoms. The van der Waals surface area contributed by atoms with Gasteiger partial charge in [-0.15, -0.1) is 0 Å². The fourth-order valence-corrected chi connectivity index (χ4v) is 2.95. The van der Waals surface area contributed by atoms with Gasteiger partial charge in [-0.05, 0) is 33.4 Å². The highest BCUT2D eigenvalue weighted by Crippen LogP contribution is 2.25. The maximum Gasteiger partial charge on any atom is 0.0718 e. The summed E-state index contributed by atoms with van der Waals surface area (Å²) < 4.78 is 10.7. The van der Waals surface area contributed by atoms with Gasteiger partial charge in [0.25, 0.3) is 0 Å². The Balaban J connectivity index is 1.63. The monoisotopic (exact) mass is 378 g/mol. The van der Waals surface area contributed by atoms with Crippen LogP contribution in [0.4, 0.5) is 0 Å². The molecular formula is C24H26O4. The molecule has 0 fully saturated rings. The van der Waals surface area contributed by atoms with E-state index >= 15 is 0 Å². The van der Waals surface area contributed by atoms with Crippen LogP contribution in [-0.4, -0.2) is 36.6 Å². The van der Waals surface area contributed by atoms with E-state index in [4.69, 9.17) is 19.7 Å². The Kier molecular flexibility index (Phi) is 7.76. The van der Waals surface area contributed by atoms with Gasteiger partial charge in [0.15, 0.2) is 0 Å². The Morgan fingerprint density at radius 1 is 0.464 bits per heavy atom. The van der Waals surface area contributed by atoms with E-state index in [-0.39, 0.29) is 13.2 Å². The largest absolute Gasteiger partial charge is 0.394 e. The van der Waals surface area contributed by atoms with Gasteiger partial charge in [0.2, 0.25) is 0 Å². The van der Waals surface area contributed by atoms with Crippen molar-refractivity contribution in [3.63, 3.8) is 0 Å². The first-order chi connectivity index (χ1) is 13.8. The third kappa shape index (κ3) is 5.75. The highest BCUT2D eigenvalue weighted by Gasteiger charge is 2.02. The number of hydrogen-bond acceptors (Lipinski definition) is 4. The molecule has 0 amide bonds. The van der Waals surface area contributed by atoms with Crippen molar-refractivity contribution >= 4 is 0 Å². The summed E-state index contributed by atoms with van der Waals surface area (Å²) in [5.74, 6) is 0. The predicted octanol–water partition coefficient (Wildman–Crippen LogP) is 4.04. The fraction of sp³-hybridized carbons (Fsp3) is 0.250. The van der Waals surface area contributed by atoms with Crippen molar-refractivity contribution in [2.24, 2.45) is 0 Å². The third-order valence-electron chi connectivity index (χ3n) is 4.47. The predicted molar refractivity (Wildman–Crippen MR) is 111 cm³/mol. The second kappa shape index (κ2) is 10.7. The van der Waals surface area contributed by atoms with Crippen molar-refractivity contribution < 1.29 is 19.7 Å². The first-order valence-electron chi connectivity index (χ1n) is 9.46. The van der Waals surface area contributed by atoms with Gasteiger partial charge in [-0.25, -0.2) is 0 Å². The molecule has 0 radical (unpaired) electrons. The summed E-state index contributed by atoms with van der Waals surface area (Å²) >= 11 is 0. The minimum Gasteiger partial charge on any atom is -0.394 e. The van der Waals surface area contributed by atoms with E-state index in [1.54, 1.807) is 0 Å². The van der Waals surface area contributed by atoms with Gasteiger partial charge in [0.05, 0.1) is 39.6 Å². The Morgan fingerprint density at radius 3 is 1.04 bits per heavy atom. The van der Waals surface area contributed by atoms with Crippen LogP contribution in [0, 0.1) is 0 Å². The van der Waals surface area contributed by atoms with Gasteiger partial charge in [-0.3, -0.25) is 0 Å². The van der Waals surface area contributed by atoms with Crippen LogP contribution in [0.1, 0.15) is 11.1 Å². The van der Waals surface area contributed by atoms with Crippen LogP contribution in [0.15, 0.2) is 72.8 Å². The van der Waals surface area contributed by atoms with Crippen molar-refractivity contribution in [1.29, 1.82) is 0 Å². The summed E-state index contributed by atoms with van der Waals surface area (Å²) in [6, 6.07) is 25.1. The molecule has 0 aromatic heterocycles. The van der Waals surface area contributed by atoms with Crippen molar-refractivity contribution in [3.8, 4) is 22.3 Å². The zero-order chi connectivity index (χ0) is 19.6. The number of aliphatic hydroxyl groups is 2. The maximum absolute atomic E-state index is 8.76. The normalized spacial score (nSPS) is 10.9. The molecule has 4 nitrogen and oxygen atoms in total. The van der Waals surface area contributed by atoms with Crippen molar-refractivity contribution in [2.75, 3.05) is 26.4 Å². The number of hydrogen-bond donors (Lipinski definition) is 2. The Bertz CT molecular complexity index is 751. The minimum absolute atomic E-state index is 0.0463. The van der Waals surface area contributed by atoms with Crippen LogP contribution >= 0.6 is 0 Å². The lowest BCUT2D eigenvalue weighted by Gasteiger charge is -2.08. The quantitative estimate of drug-likeness (QED) is 0.523. The van der Waals surface area contributed by atoms with Crippen LogP contribution in [0.3, 0.4) is 0 Å². The van der Waals surface area contributed by atoms with E-state index in [0.717, 1.165) is 22.3 Å². The lowest BCUT2D eigenvalue weighted by Crippen LogP contribution is -1.99. The van der Waals surface area contributed by atoms with Gasteiger partial charge in [0.1, 0.15) is 0 Å². The summed E-state index contributed by atoms with van der Waals surface area (Å²) in [5.41, 5.74) is 6.85. The highest BCUT2D eigenvalue weighted by atomic mass is 16.5. The lowest BCUT2D eigenvalue weighted by atomic mass is 9.99. The molecule has 4 heteroatoms. The molecule has 0 spiro atoms. The van der Waals surface area contributed by atoms with Crippen molar-refractivity contribution in [1.82, 2.24) is 0 Å². The van der Waals surface area contributed by atoms with E-state index in [2.05, 4.69) is 72.8 Å². The van der Waals surface area contributed by atoms with E-state index in [1.165, 1.54) is 11.1 Å². The first kappa shape index (κ1) is 20.2. The summed E-state index contributed by atoms with van der Waals surface area (Å²) in [6.07, 6.45) is 0. The molecule has 0 saturated heterocycles. The highest BCUT2D eigenvalue weighted by molar-refractivity contribution is 5.70. The molecule has 3 rings (SSSR count). The number of rotatable bonds is 10. The molecule has 0 aliphatic heterocycles. The van der Waals surface area contributed by atoms with Crippen LogP contribution in [0.2, 0.25) is 0 Å². The summed E-state index contributed by atoms with van der Waals surface area (Å²) in [6.45, 7) is 1.84. The van der Waals surface area contributed by atoms with E-state index in [0.29, 0.717) is 26.4 Å². The minimum atomic E-state index is 0.0463. The molecule has 0 aliphatic rings. The van der Waals surface area contributed by atoms with Crippen molar-refractivity contribution in [2.45, 2.75) is 13.2 Å². The van der Waals surface area contributed by atoms with Gasteiger partial charge in [0, 0.05) is 0 Å². The average molecular weight is 378 g/mol. The first-order valence-corrected chi connectivity index (χ1v) is 9.46. The topological polar surface area (TPSA) is 58.9 Å². The molecule has 3 aromatic rings. The third-order valence-corrected chi connectivity index (χ3v) is 4.47. The summed E-state index contributed by atoms with van der Waals surface area (Å²) in [4.78, 5) is 0.